The maximum Gasteiger partial charge on any atom is 0.241 e. The standard InChI is InChI=1S/C16H24N4O2/c1-18(16(22)12-20-7-3-2-4-15(20)21)11-13-5-8-19-9-6-17-14(19)10-13/h6,9,13H,2-5,7-8,10-12H2,1H3/t13-/m0/s1. The summed E-state index contributed by atoms with van der Waals surface area (Å²) in [7, 11) is 1.85. The molecule has 2 aliphatic rings. The Kier molecular flexibility index (Phi) is 4.45. The van der Waals surface area contributed by atoms with Crippen LogP contribution in [0, 0.1) is 5.92 Å². The van der Waals surface area contributed by atoms with Gasteiger partial charge in [0.25, 0.3) is 0 Å². The number of aryl methyl sites for hydroxylation is 1. The molecule has 3 heterocycles. The Labute approximate surface area is 131 Å². The van der Waals surface area contributed by atoms with Gasteiger partial charge in [-0.15, -0.1) is 0 Å². The first-order valence-electron chi connectivity index (χ1n) is 8.15. The van der Waals surface area contributed by atoms with Gasteiger partial charge < -0.3 is 14.4 Å². The van der Waals surface area contributed by atoms with E-state index in [0.717, 1.165) is 51.1 Å². The topological polar surface area (TPSA) is 58.4 Å². The molecule has 0 bridgehead atoms. The molecule has 1 fully saturated rings. The number of piperidine rings is 1. The highest BCUT2D eigenvalue weighted by Crippen LogP contribution is 2.20. The lowest BCUT2D eigenvalue weighted by Gasteiger charge is -2.31. The first-order chi connectivity index (χ1) is 10.6. The fourth-order valence-electron chi connectivity index (χ4n) is 3.37. The maximum absolute atomic E-state index is 12.3. The third-order valence-corrected chi connectivity index (χ3v) is 4.76. The van der Waals surface area contributed by atoms with E-state index < -0.39 is 0 Å². The van der Waals surface area contributed by atoms with Gasteiger partial charge in [-0.25, -0.2) is 4.98 Å². The lowest BCUT2D eigenvalue weighted by molar-refractivity contribution is -0.141. The van der Waals surface area contributed by atoms with Gasteiger partial charge in [0.1, 0.15) is 5.82 Å². The van der Waals surface area contributed by atoms with Crippen molar-refractivity contribution in [2.24, 2.45) is 5.92 Å². The average Bonchev–Trinajstić information content (AvgIpc) is 2.97. The Hall–Kier alpha value is -1.85. The number of rotatable bonds is 4. The number of hydrogen-bond acceptors (Lipinski definition) is 3. The highest BCUT2D eigenvalue weighted by atomic mass is 16.2. The van der Waals surface area contributed by atoms with Crippen LogP contribution >= 0.6 is 0 Å². The number of carbonyl (C=O) groups excluding carboxylic acids is 2. The Morgan fingerprint density at radius 2 is 2.27 bits per heavy atom. The minimum absolute atomic E-state index is 0.0455. The van der Waals surface area contributed by atoms with Gasteiger partial charge in [-0.2, -0.15) is 0 Å². The number of carbonyl (C=O) groups is 2. The number of aromatic nitrogens is 2. The number of fused-ring (bicyclic) bond motifs is 1. The summed E-state index contributed by atoms with van der Waals surface area (Å²) in [5, 5.41) is 0. The van der Waals surface area contributed by atoms with Crippen molar-refractivity contribution in [3.63, 3.8) is 0 Å². The van der Waals surface area contributed by atoms with Crippen molar-refractivity contribution in [2.75, 3.05) is 26.7 Å². The second-order valence-electron chi connectivity index (χ2n) is 6.44. The predicted molar refractivity (Wildman–Crippen MR) is 82.1 cm³/mol. The second kappa shape index (κ2) is 6.50. The SMILES string of the molecule is CN(C[C@H]1CCn2ccnc2C1)C(=O)CN1CCCCC1=O. The van der Waals surface area contributed by atoms with E-state index in [4.69, 9.17) is 0 Å². The van der Waals surface area contributed by atoms with Gasteiger partial charge in [0.15, 0.2) is 0 Å². The first-order valence-corrected chi connectivity index (χ1v) is 8.15. The van der Waals surface area contributed by atoms with Crippen LogP contribution in [0.15, 0.2) is 12.4 Å². The fourth-order valence-corrected chi connectivity index (χ4v) is 3.37. The van der Waals surface area contributed by atoms with Gasteiger partial charge >= 0.3 is 0 Å². The third kappa shape index (κ3) is 3.31. The molecule has 6 nitrogen and oxygen atoms in total. The molecule has 0 saturated carbocycles. The number of likely N-dealkylation sites (tertiary alicyclic amines) is 1. The van der Waals surface area contributed by atoms with Crippen LogP contribution in [-0.4, -0.2) is 57.8 Å². The molecule has 0 N–H and O–H groups in total. The summed E-state index contributed by atoms with van der Waals surface area (Å²) in [4.78, 5) is 32.0. The van der Waals surface area contributed by atoms with E-state index in [9.17, 15) is 9.59 Å². The Balaban J connectivity index is 1.50. The van der Waals surface area contributed by atoms with Crippen LogP contribution in [0.5, 0.6) is 0 Å². The molecule has 1 aromatic heterocycles. The molecule has 2 aliphatic heterocycles. The largest absolute Gasteiger partial charge is 0.344 e. The van der Waals surface area contributed by atoms with Crippen molar-refractivity contribution < 1.29 is 9.59 Å². The summed E-state index contributed by atoms with van der Waals surface area (Å²) < 4.78 is 2.19. The molecule has 1 saturated heterocycles. The summed E-state index contributed by atoms with van der Waals surface area (Å²) in [5.41, 5.74) is 0. The lowest BCUT2D eigenvalue weighted by atomic mass is 9.97. The Morgan fingerprint density at radius 1 is 1.41 bits per heavy atom. The van der Waals surface area contributed by atoms with Crippen LogP contribution in [0.1, 0.15) is 31.5 Å². The summed E-state index contributed by atoms with van der Waals surface area (Å²) in [6, 6.07) is 0. The highest BCUT2D eigenvalue weighted by molar-refractivity contribution is 5.85. The quantitative estimate of drug-likeness (QED) is 0.831. The van der Waals surface area contributed by atoms with Gasteiger partial charge in [-0.05, 0) is 25.2 Å². The zero-order valence-electron chi connectivity index (χ0n) is 13.2. The second-order valence-corrected chi connectivity index (χ2v) is 6.44. The van der Waals surface area contributed by atoms with Crippen molar-refractivity contribution in [3.8, 4) is 0 Å². The van der Waals surface area contributed by atoms with Gasteiger partial charge in [-0.1, -0.05) is 0 Å². The highest BCUT2D eigenvalue weighted by Gasteiger charge is 2.25. The van der Waals surface area contributed by atoms with Crippen LogP contribution in [0.25, 0.3) is 0 Å². The van der Waals surface area contributed by atoms with E-state index in [1.165, 1.54) is 0 Å². The first kappa shape index (κ1) is 15.1. The van der Waals surface area contributed by atoms with Crippen LogP contribution < -0.4 is 0 Å². The number of likely N-dealkylation sites (N-methyl/N-ethyl adjacent to an activating group) is 1. The summed E-state index contributed by atoms with van der Waals surface area (Å²) in [6.07, 6.45) is 8.40. The van der Waals surface area contributed by atoms with E-state index >= 15 is 0 Å². The molecule has 22 heavy (non-hydrogen) atoms. The van der Waals surface area contributed by atoms with Gasteiger partial charge in [-0.3, -0.25) is 9.59 Å². The molecule has 0 unspecified atom stereocenters. The number of nitrogens with zero attached hydrogens (tertiary/aromatic N) is 4. The smallest absolute Gasteiger partial charge is 0.241 e. The molecule has 0 radical (unpaired) electrons. The lowest BCUT2D eigenvalue weighted by Crippen LogP contribution is -2.45. The monoisotopic (exact) mass is 304 g/mol. The molecule has 1 aromatic rings. The molecule has 0 aliphatic carbocycles. The molecule has 2 amide bonds. The van der Waals surface area contributed by atoms with Crippen molar-refractivity contribution in [1.82, 2.24) is 19.4 Å². The van der Waals surface area contributed by atoms with Gasteiger partial charge in [0.2, 0.25) is 11.8 Å². The van der Waals surface area contributed by atoms with E-state index in [1.54, 1.807) is 9.80 Å². The molecular formula is C16H24N4O2. The summed E-state index contributed by atoms with van der Waals surface area (Å²) in [5.74, 6) is 1.74. The minimum atomic E-state index is 0.0455. The zero-order chi connectivity index (χ0) is 15.5. The maximum atomic E-state index is 12.3. The zero-order valence-corrected chi connectivity index (χ0v) is 13.2. The van der Waals surface area contributed by atoms with Crippen LogP contribution in [-0.2, 0) is 22.6 Å². The van der Waals surface area contributed by atoms with Crippen LogP contribution in [0.4, 0.5) is 0 Å². The molecule has 120 valence electrons. The predicted octanol–water partition coefficient (Wildman–Crippen LogP) is 0.916. The van der Waals surface area contributed by atoms with Crippen molar-refractivity contribution in [3.05, 3.63) is 18.2 Å². The van der Waals surface area contributed by atoms with Gasteiger partial charge in [0, 0.05) is 51.9 Å². The molecule has 6 heteroatoms. The summed E-state index contributed by atoms with van der Waals surface area (Å²) >= 11 is 0. The average molecular weight is 304 g/mol. The van der Waals surface area contributed by atoms with E-state index in [-0.39, 0.29) is 18.4 Å². The van der Waals surface area contributed by atoms with Crippen molar-refractivity contribution in [1.29, 1.82) is 0 Å². The van der Waals surface area contributed by atoms with Crippen LogP contribution in [0.3, 0.4) is 0 Å². The van der Waals surface area contributed by atoms with E-state index in [1.807, 2.05) is 19.4 Å². The molecule has 1 atom stereocenters. The van der Waals surface area contributed by atoms with E-state index in [0.29, 0.717) is 12.3 Å². The number of imidazole rings is 1. The molecule has 0 aromatic carbocycles. The molecule has 3 rings (SSSR count). The van der Waals surface area contributed by atoms with Crippen LogP contribution in [0.2, 0.25) is 0 Å². The molecule has 0 spiro atoms. The fraction of sp³-hybridized carbons (Fsp3) is 0.688. The van der Waals surface area contributed by atoms with Crippen molar-refractivity contribution in [2.45, 2.75) is 38.6 Å². The Morgan fingerprint density at radius 3 is 3.09 bits per heavy atom. The van der Waals surface area contributed by atoms with E-state index in [2.05, 4.69) is 9.55 Å². The number of amides is 2. The van der Waals surface area contributed by atoms with Gasteiger partial charge in [0.05, 0.1) is 6.54 Å². The number of hydrogen-bond donors (Lipinski definition) is 0. The normalized spacial score (nSPS) is 21.6. The summed E-state index contributed by atoms with van der Waals surface area (Å²) in [6.45, 7) is 2.68. The Bertz CT molecular complexity index is 554. The minimum Gasteiger partial charge on any atom is -0.344 e. The van der Waals surface area contributed by atoms with Crippen molar-refractivity contribution >= 4 is 11.8 Å². The molecular weight excluding hydrogens is 280 g/mol. The third-order valence-electron chi connectivity index (χ3n) is 4.76.